The molecule has 0 N–H and O–H groups in total. The lowest BCUT2D eigenvalue weighted by Crippen LogP contribution is -2.42. The van der Waals surface area contributed by atoms with Crippen LogP contribution in [0.3, 0.4) is 0 Å². The minimum atomic E-state index is -0.865. The Bertz CT molecular complexity index is 1180. The van der Waals surface area contributed by atoms with Gasteiger partial charge in [0.25, 0.3) is 0 Å². The van der Waals surface area contributed by atoms with Crippen LogP contribution in [0.4, 0.5) is 0 Å². The van der Waals surface area contributed by atoms with E-state index < -0.39 is 11.7 Å². The van der Waals surface area contributed by atoms with E-state index in [0.29, 0.717) is 12.3 Å². The minimum absolute atomic E-state index is 0.193. The molecule has 0 saturated heterocycles. The number of carbonyl (C=O) groups excluding carboxylic acids is 1. The summed E-state index contributed by atoms with van der Waals surface area (Å²) >= 11 is 0. The summed E-state index contributed by atoms with van der Waals surface area (Å²) in [5.74, 6) is 0.764. The van der Waals surface area contributed by atoms with E-state index in [4.69, 9.17) is 4.74 Å². The third-order valence-electron chi connectivity index (χ3n) is 7.68. The smallest absolute Gasteiger partial charge is 0.162 e. The topological polar surface area (TPSA) is 26.3 Å². The minimum Gasteiger partial charge on any atom is -0.350 e. The highest BCUT2D eigenvalue weighted by molar-refractivity contribution is 5.86. The van der Waals surface area contributed by atoms with E-state index in [1.54, 1.807) is 0 Å². The van der Waals surface area contributed by atoms with Gasteiger partial charge in [0.05, 0.1) is 0 Å². The molecule has 0 spiro atoms. The molecular formula is C32H28O2. The van der Waals surface area contributed by atoms with Crippen molar-refractivity contribution in [2.45, 2.75) is 31.0 Å². The number of ether oxygens (including phenoxy) is 1. The molecule has 2 nitrogen and oxygen atoms in total. The SMILES string of the molecule is O=C1CC2Cc3ccccc3CC2C1OC(c1ccccc1)(c1ccccc1)c1ccccc1. The van der Waals surface area contributed by atoms with Crippen molar-refractivity contribution in [1.29, 1.82) is 0 Å². The Labute approximate surface area is 201 Å². The molecule has 0 amide bonds. The van der Waals surface area contributed by atoms with Crippen molar-refractivity contribution in [3.63, 3.8) is 0 Å². The Balaban J connectivity index is 1.50. The summed E-state index contributed by atoms with van der Waals surface area (Å²) in [4.78, 5) is 13.5. The molecule has 0 radical (unpaired) electrons. The molecule has 3 unspecified atom stereocenters. The fourth-order valence-electron chi connectivity index (χ4n) is 6.07. The second-order valence-corrected chi connectivity index (χ2v) is 9.59. The first kappa shape index (κ1) is 21.1. The van der Waals surface area contributed by atoms with Gasteiger partial charge in [0.15, 0.2) is 5.78 Å². The summed E-state index contributed by atoms with van der Waals surface area (Å²) in [6, 6.07) is 39.7. The summed E-state index contributed by atoms with van der Waals surface area (Å²) in [5.41, 5.74) is 5.00. The van der Waals surface area contributed by atoms with Gasteiger partial charge >= 0.3 is 0 Å². The van der Waals surface area contributed by atoms with Crippen molar-refractivity contribution < 1.29 is 9.53 Å². The molecule has 0 heterocycles. The van der Waals surface area contributed by atoms with Crippen molar-refractivity contribution in [2.75, 3.05) is 0 Å². The molecule has 1 saturated carbocycles. The Kier molecular flexibility index (Phi) is 5.39. The first-order chi connectivity index (χ1) is 16.8. The zero-order chi connectivity index (χ0) is 23.0. The summed E-state index contributed by atoms with van der Waals surface area (Å²) in [6.45, 7) is 0. The Morgan fingerprint density at radius 1 is 0.559 bits per heavy atom. The highest BCUT2D eigenvalue weighted by Crippen LogP contribution is 2.47. The fraction of sp³-hybridized carbons (Fsp3) is 0.219. The van der Waals surface area contributed by atoms with Crippen LogP contribution in [0.15, 0.2) is 115 Å². The Morgan fingerprint density at radius 3 is 1.50 bits per heavy atom. The third-order valence-corrected chi connectivity index (χ3v) is 7.68. The van der Waals surface area contributed by atoms with Crippen LogP contribution in [0, 0.1) is 11.8 Å². The maximum Gasteiger partial charge on any atom is 0.162 e. The molecule has 168 valence electrons. The van der Waals surface area contributed by atoms with E-state index in [1.807, 2.05) is 18.2 Å². The van der Waals surface area contributed by atoms with Gasteiger partial charge in [0.2, 0.25) is 0 Å². The molecule has 0 aromatic heterocycles. The predicted octanol–water partition coefficient (Wildman–Crippen LogP) is 6.37. The average molecular weight is 445 g/mol. The van der Waals surface area contributed by atoms with Crippen LogP contribution in [-0.4, -0.2) is 11.9 Å². The van der Waals surface area contributed by atoms with Gasteiger partial charge in [-0.1, -0.05) is 115 Å². The fourth-order valence-corrected chi connectivity index (χ4v) is 6.07. The lowest BCUT2D eigenvalue weighted by Gasteiger charge is -2.40. The largest absolute Gasteiger partial charge is 0.350 e. The first-order valence-electron chi connectivity index (χ1n) is 12.2. The summed E-state index contributed by atoms with van der Waals surface area (Å²) in [5, 5.41) is 0. The van der Waals surface area contributed by atoms with Crippen LogP contribution >= 0.6 is 0 Å². The van der Waals surface area contributed by atoms with Crippen LogP contribution in [0.25, 0.3) is 0 Å². The molecule has 1 fully saturated rings. The van der Waals surface area contributed by atoms with Gasteiger partial charge in [0.1, 0.15) is 11.7 Å². The van der Waals surface area contributed by atoms with E-state index >= 15 is 0 Å². The molecule has 2 aliphatic carbocycles. The predicted molar refractivity (Wildman–Crippen MR) is 135 cm³/mol. The van der Waals surface area contributed by atoms with Crippen LogP contribution < -0.4 is 0 Å². The lowest BCUT2D eigenvalue weighted by molar-refractivity contribution is -0.138. The van der Waals surface area contributed by atoms with Gasteiger partial charge in [-0.25, -0.2) is 0 Å². The number of fused-ring (bicyclic) bond motifs is 2. The number of benzene rings is 4. The third kappa shape index (κ3) is 3.50. The van der Waals surface area contributed by atoms with Crippen LogP contribution in [-0.2, 0) is 28.0 Å². The van der Waals surface area contributed by atoms with Gasteiger partial charge in [-0.15, -0.1) is 0 Å². The van der Waals surface area contributed by atoms with Crippen molar-refractivity contribution in [1.82, 2.24) is 0 Å². The number of hydrogen-bond acceptors (Lipinski definition) is 2. The molecule has 4 aromatic carbocycles. The molecular weight excluding hydrogens is 416 g/mol. The molecule has 34 heavy (non-hydrogen) atoms. The number of ketones is 1. The molecule has 3 atom stereocenters. The van der Waals surface area contributed by atoms with E-state index in [0.717, 1.165) is 29.5 Å². The second kappa shape index (κ2) is 8.70. The zero-order valence-corrected chi connectivity index (χ0v) is 19.1. The monoisotopic (exact) mass is 444 g/mol. The Morgan fingerprint density at radius 2 is 1.00 bits per heavy atom. The van der Waals surface area contributed by atoms with Gasteiger partial charge in [-0.05, 0) is 52.5 Å². The highest BCUT2D eigenvalue weighted by atomic mass is 16.5. The maximum absolute atomic E-state index is 13.5. The summed E-state index contributed by atoms with van der Waals surface area (Å²) < 4.78 is 7.20. The number of carbonyl (C=O) groups is 1. The number of hydrogen-bond donors (Lipinski definition) is 0. The van der Waals surface area contributed by atoms with Crippen molar-refractivity contribution >= 4 is 5.78 Å². The van der Waals surface area contributed by atoms with Crippen LogP contribution in [0.2, 0.25) is 0 Å². The van der Waals surface area contributed by atoms with Crippen molar-refractivity contribution in [3.8, 4) is 0 Å². The molecule has 0 bridgehead atoms. The zero-order valence-electron chi connectivity index (χ0n) is 19.1. The van der Waals surface area contributed by atoms with Gasteiger partial charge < -0.3 is 4.74 Å². The lowest BCUT2D eigenvalue weighted by atomic mass is 9.76. The standard InChI is InChI=1S/C32H28O2/c33-30-22-25-20-23-12-10-11-13-24(23)21-29(25)31(30)34-32(26-14-4-1-5-15-26,27-16-6-2-7-17-27)28-18-8-3-9-19-28/h1-19,25,29,31H,20-22H2. The summed E-state index contributed by atoms with van der Waals surface area (Å²) in [6.07, 6.45) is 2.00. The van der Waals surface area contributed by atoms with Crippen molar-refractivity contribution in [2.24, 2.45) is 11.8 Å². The first-order valence-corrected chi connectivity index (χ1v) is 12.2. The van der Waals surface area contributed by atoms with Gasteiger partial charge in [0, 0.05) is 6.42 Å². The molecule has 0 aliphatic heterocycles. The Hall–Kier alpha value is -3.49. The van der Waals surface area contributed by atoms with Crippen LogP contribution in [0.5, 0.6) is 0 Å². The quantitative estimate of drug-likeness (QED) is 0.335. The van der Waals surface area contributed by atoms with E-state index in [1.165, 1.54) is 11.1 Å². The van der Waals surface area contributed by atoms with Crippen LogP contribution in [0.1, 0.15) is 34.2 Å². The molecule has 6 rings (SSSR count). The highest BCUT2D eigenvalue weighted by Gasteiger charge is 2.50. The van der Waals surface area contributed by atoms with E-state index in [-0.39, 0.29) is 11.7 Å². The van der Waals surface area contributed by atoms with Gasteiger partial charge in [-0.3, -0.25) is 4.79 Å². The molecule has 2 heteroatoms. The van der Waals surface area contributed by atoms with Gasteiger partial charge in [-0.2, -0.15) is 0 Å². The van der Waals surface area contributed by atoms with Crippen molar-refractivity contribution in [3.05, 3.63) is 143 Å². The molecule has 2 aliphatic rings. The maximum atomic E-state index is 13.5. The number of rotatable bonds is 5. The normalized spacial score (nSPS) is 21.6. The number of Topliss-reactive ketones (excluding diaryl/α,β-unsaturated/α-hetero) is 1. The van der Waals surface area contributed by atoms with E-state index in [9.17, 15) is 4.79 Å². The molecule has 4 aromatic rings. The van der Waals surface area contributed by atoms with E-state index in [2.05, 4.69) is 97.1 Å². The average Bonchev–Trinajstić information content (AvgIpc) is 3.20. The second-order valence-electron chi connectivity index (χ2n) is 9.59. The summed E-state index contributed by atoms with van der Waals surface area (Å²) in [7, 11) is 0.